The molecular formula is C24H25O3P. The fraction of sp³-hybridized carbons (Fsp3) is 0.167. The molecule has 3 rings (SSSR count). The minimum atomic E-state index is -4.59. The summed E-state index contributed by atoms with van der Waals surface area (Å²) in [6.45, 7) is 5.73. The van der Waals surface area contributed by atoms with Gasteiger partial charge in [0.05, 0.1) is 0 Å². The molecule has 0 aromatic heterocycles. The average Bonchev–Trinajstić information content (AvgIpc) is 2.69. The number of para-hydroxylation sites is 1. The van der Waals surface area contributed by atoms with E-state index in [1.54, 1.807) is 0 Å². The van der Waals surface area contributed by atoms with Crippen LogP contribution in [0.4, 0.5) is 0 Å². The quantitative estimate of drug-likeness (QED) is 0.493. The van der Waals surface area contributed by atoms with Gasteiger partial charge in [-0.05, 0) is 0 Å². The molecule has 0 heterocycles. The zero-order valence-corrected chi connectivity index (χ0v) is 17.3. The van der Waals surface area contributed by atoms with Gasteiger partial charge in [0, 0.05) is 0 Å². The summed E-state index contributed by atoms with van der Waals surface area (Å²) >= 11 is 0. The molecule has 0 fully saturated rings. The van der Waals surface area contributed by atoms with Crippen molar-refractivity contribution in [2.24, 2.45) is 0 Å². The molecule has 0 atom stereocenters. The van der Waals surface area contributed by atoms with E-state index in [9.17, 15) is 4.89 Å². The van der Waals surface area contributed by atoms with Gasteiger partial charge >= 0.3 is 167 Å². The van der Waals surface area contributed by atoms with Gasteiger partial charge in [0.1, 0.15) is 0 Å². The van der Waals surface area contributed by atoms with Crippen LogP contribution in [0.5, 0.6) is 5.75 Å². The predicted molar refractivity (Wildman–Crippen MR) is 117 cm³/mol. The minimum absolute atomic E-state index is 0.0805. The first-order chi connectivity index (χ1) is 13.4. The van der Waals surface area contributed by atoms with Crippen LogP contribution in [0, 0.1) is 33.1 Å². The van der Waals surface area contributed by atoms with Gasteiger partial charge in [-0.25, -0.2) is 0 Å². The molecule has 0 saturated heterocycles. The zero-order valence-electron chi connectivity index (χ0n) is 16.4. The molecule has 0 spiro atoms. The van der Waals surface area contributed by atoms with E-state index in [4.69, 9.17) is 15.5 Å². The molecule has 3 aromatic carbocycles. The van der Waals surface area contributed by atoms with Gasteiger partial charge in [0.2, 0.25) is 0 Å². The first kappa shape index (κ1) is 20.1. The van der Waals surface area contributed by atoms with E-state index in [2.05, 4.69) is 5.92 Å². The van der Waals surface area contributed by atoms with Crippen LogP contribution in [0.15, 0.2) is 72.8 Å². The molecule has 1 N–H and O–H groups in total. The third-order valence-corrected chi connectivity index (χ3v) is 8.68. The Bertz CT molecular complexity index is 990. The summed E-state index contributed by atoms with van der Waals surface area (Å²) in [6.07, 6.45) is 5.53. The fourth-order valence-electron chi connectivity index (χ4n) is 3.40. The van der Waals surface area contributed by atoms with Crippen LogP contribution in [0.1, 0.15) is 16.7 Å². The first-order valence-electron chi connectivity index (χ1n) is 9.13. The van der Waals surface area contributed by atoms with Crippen LogP contribution < -0.4 is 15.1 Å². The number of terminal acetylenes is 1. The van der Waals surface area contributed by atoms with Crippen LogP contribution in [-0.2, 0) is 4.52 Å². The molecular weight excluding hydrogens is 367 g/mol. The van der Waals surface area contributed by atoms with Gasteiger partial charge in [-0.2, -0.15) is 0 Å². The molecule has 4 heteroatoms. The van der Waals surface area contributed by atoms with Crippen LogP contribution in [0.25, 0.3) is 0 Å². The maximum absolute atomic E-state index is 12.6. The summed E-state index contributed by atoms with van der Waals surface area (Å²) in [6, 6.07) is 22.8. The van der Waals surface area contributed by atoms with Crippen molar-refractivity contribution in [3.05, 3.63) is 89.5 Å². The van der Waals surface area contributed by atoms with Gasteiger partial charge in [0.15, 0.2) is 0 Å². The standard InChI is InChI=1S/C24H25O3P/c1-5-18-26-28(25,23-16-10-7-13-20(23)3,24-17-11-8-14-21(24)4)27-22-15-9-6-12-19(22)2/h1,6-17,25H,18H2,2-4H3. The molecule has 0 saturated carbocycles. The molecule has 0 radical (unpaired) electrons. The zero-order chi connectivity index (χ0) is 20.2. The van der Waals surface area contributed by atoms with E-state index in [1.165, 1.54) is 0 Å². The second kappa shape index (κ2) is 7.78. The Balaban J connectivity index is 2.40. The van der Waals surface area contributed by atoms with E-state index in [0.717, 1.165) is 16.7 Å². The van der Waals surface area contributed by atoms with Gasteiger partial charge in [-0.1, -0.05) is 0 Å². The Labute approximate surface area is 167 Å². The molecule has 0 aliphatic heterocycles. The Morgan fingerprint density at radius 3 is 1.71 bits per heavy atom. The Hall–Kier alpha value is -2.63. The topological polar surface area (TPSA) is 38.7 Å². The van der Waals surface area contributed by atoms with Crippen molar-refractivity contribution in [3.8, 4) is 18.1 Å². The number of hydrogen-bond acceptors (Lipinski definition) is 3. The molecule has 3 aromatic rings. The van der Waals surface area contributed by atoms with Crippen molar-refractivity contribution in [1.82, 2.24) is 0 Å². The number of benzene rings is 3. The third kappa shape index (κ3) is 3.43. The summed E-state index contributed by atoms with van der Waals surface area (Å²) in [5.74, 6) is 3.06. The van der Waals surface area contributed by atoms with Crippen molar-refractivity contribution >= 4 is 17.9 Å². The van der Waals surface area contributed by atoms with Crippen molar-refractivity contribution in [1.29, 1.82) is 0 Å². The Morgan fingerprint density at radius 2 is 1.25 bits per heavy atom. The van der Waals surface area contributed by atoms with Crippen molar-refractivity contribution < 1.29 is 13.9 Å². The normalized spacial score (nSPS) is 12.6. The van der Waals surface area contributed by atoms with Crippen molar-refractivity contribution in [3.63, 3.8) is 0 Å². The maximum atomic E-state index is 12.6. The molecule has 0 bridgehead atoms. The summed E-state index contributed by atoms with van der Waals surface area (Å²) in [5, 5.41) is 1.22. The Kier molecular flexibility index (Phi) is 5.59. The van der Waals surface area contributed by atoms with Crippen molar-refractivity contribution in [2.45, 2.75) is 20.8 Å². The molecule has 3 nitrogen and oxygen atoms in total. The van der Waals surface area contributed by atoms with Gasteiger partial charge in [0.25, 0.3) is 0 Å². The number of rotatable bonds is 6. The second-order valence-electron chi connectivity index (χ2n) is 6.82. The SMILES string of the molecule is C#CCOP(O)(Oc1ccccc1C)(c1ccccc1C)c1ccccc1C. The van der Waals surface area contributed by atoms with Gasteiger partial charge < -0.3 is 0 Å². The summed E-state index contributed by atoms with van der Waals surface area (Å²) in [5.41, 5.74) is 2.64. The average molecular weight is 392 g/mol. The Morgan fingerprint density at radius 1 is 0.786 bits per heavy atom. The van der Waals surface area contributed by atoms with E-state index in [1.807, 2.05) is 93.6 Å². The van der Waals surface area contributed by atoms with Crippen LogP contribution in [0.3, 0.4) is 0 Å². The van der Waals surface area contributed by atoms with E-state index >= 15 is 0 Å². The molecule has 28 heavy (non-hydrogen) atoms. The summed E-state index contributed by atoms with van der Waals surface area (Å²) in [7, 11) is -4.59. The van der Waals surface area contributed by atoms with E-state index in [0.29, 0.717) is 16.4 Å². The second-order valence-corrected chi connectivity index (χ2v) is 10.1. The molecule has 144 valence electrons. The van der Waals surface area contributed by atoms with Gasteiger partial charge in [-0.15, -0.1) is 0 Å². The number of aryl methyl sites for hydroxylation is 3. The van der Waals surface area contributed by atoms with Crippen LogP contribution in [-0.4, -0.2) is 11.5 Å². The molecule has 0 aliphatic rings. The van der Waals surface area contributed by atoms with Crippen LogP contribution in [0.2, 0.25) is 0 Å². The summed E-state index contributed by atoms with van der Waals surface area (Å²) in [4.78, 5) is 12.6. The van der Waals surface area contributed by atoms with Gasteiger partial charge in [-0.3, -0.25) is 0 Å². The first-order valence-corrected chi connectivity index (χ1v) is 11.2. The molecule has 0 amide bonds. The fourth-order valence-corrected chi connectivity index (χ4v) is 7.17. The predicted octanol–water partition coefficient (Wildman–Crippen LogP) is 4.58. The summed E-state index contributed by atoms with van der Waals surface area (Å²) < 4.78 is 12.7. The molecule has 0 unspecified atom stereocenters. The van der Waals surface area contributed by atoms with E-state index < -0.39 is 7.28 Å². The molecule has 0 aliphatic carbocycles. The number of hydrogen-bond donors (Lipinski definition) is 1. The third-order valence-electron chi connectivity index (χ3n) is 4.83. The van der Waals surface area contributed by atoms with Crippen LogP contribution >= 0.6 is 7.28 Å². The van der Waals surface area contributed by atoms with E-state index in [-0.39, 0.29) is 6.61 Å². The van der Waals surface area contributed by atoms with Crippen molar-refractivity contribution in [2.75, 3.05) is 6.61 Å². The monoisotopic (exact) mass is 392 g/mol.